The molecule has 0 aromatic heterocycles. The molecule has 1 aliphatic carbocycles. The molecular weight excluding hydrogens is 415 g/mol. The van der Waals surface area contributed by atoms with Crippen molar-refractivity contribution in [2.75, 3.05) is 26.7 Å². The highest BCUT2D eigenvalue weighted by Crippen LogP contribution is 2.28. The van der Waals surface area contributed by atoms with Gasteiger partial charge in [0.25, 0.3) is 0 Å². The summed E-state index contributed by atoms with van der Waals surface area (Å²) in [5, 5.41) is 6.24. The number of hydrogen-bond acceptors (Lipinski definition) is 2. The first-order valence-electron chi connectivity index (χ1n) is 9.21. The number of amides is 1. The van der Waals surface area contributed by atoms with Crippen LogP contribution in [-0.2, 0) is 4.79 Å². The van der Waals surface area contributed by atoms with E-state index in [0.717, 1.165) is 30.9 Å². The summed E-state index contributed by atoms with van der Waals surface area (Å²) in [6, 6.07) is 0.191. The Balaban J connectivity index is 0.00000529. The van der Waals surface area contributed by atoms with E-state index in [-0.39, 0.29) is 35.9 Å². The van der Waals surface area contributed by atoms with E-state index in [1.54, 1.807) is 0 Å². The molecule has 24 heavy (non-hydrogen) atoms. The maximum absolute atomic E-state index is 11.7. The third-order valence-corrected chi connectivity index (χ3v) is 4.41. The normalized spacial score (nSPS) is 21.2. The highest BCUT2D eigenvalue weighted by atomic mass is 127. The second-order valence-electron chi connectivity index (χ2n) is 7.21. The van der Waals surface area contributed by atoms with Gasteiger partial charge in [-0.1, -0.05) is 19.8 Å². The molecule has 0 spiro atoms. The van der Waals surface area contributed by atoms with E-state index in [4.69, 9.17) is 0 Å². The summed E-state index contributed by atoms with van der Waals surface area (Å²) in [6.07, 6.45) is 5.79. The molecule has 5 nitrogen and oxygen atoms in total. The van der Waals surface area contributed by atoms with E-state index < -0.39 is 0 Å². The van der Waals surface area contributed by atoms with Gasteiger partial charge >= 0.3 is 0 Å². The molecule has 0 aromatic rings. The molecule has 142 valence electrons. The van der Waals surface area contributed by atoms with Crippen LogP contribution >= 0.6 is 24.0 Å². The quantitative estimate of drug-likeness (QED) is 0.354. The Morgan fingerprint density at radius 1 is 1.25 bits per heavy atom. The van der Waals surface area contributed by atoms with Crippen LogP contribution in [-0.4, -0.2) is 49.5 Å². The van der Waals surface area contributed by atoms with E-state index >= 15 is 0 Å². The van der Waals surface area contributed by atoms with Gasteiger partial charge in [-0.05, 0) is 45.4 Å². The van der Waals surface area contributed by atoms with Crippen LogP contribution in [0.5, 0.6) is 0 Å². The molecule has 0 aromatic carbocycles. The van der Waals surface area contributed by atoms with E-state index in [1.165, 1.54) is 25.7 Å². The van der Waals surface area contributed by atoms with Crippen molar-refractivity contribution in [1.29, 1.82) is 0 Å². The van der Waals surface area contributed by atoms with E-state index in [9.17, 15) is 4.79 Å². The first-order chi connectivity index (χ1) is 10.9. The maximum Gasteiger partial charge on any atom is 0.222 e. The molecule has 0 heterocycles. The van der Waals surface area contributed by atoms with Crippen molar-refractivity contribution in [3.63, 3.8) is 0 Å². The number of hydrogen-bond donors (Lipinski definition) is 2. The van der Waals surface area contributed by atoms with Gasteiger partial charge in [0.1, 0.15) is 0 Å². The highest BCUT2D eigenvalue weighted by Gasteiger charge is 2.20. The Labute approximate surface area is 165 Å². The molecular formula is C18H37IN4O. The monoisotopic (exact) mass is 452 g/mol. The fourth-order valence-electron chi connectivity index (χ4n) is 3.11. The minimum absolute atomic E-state index is 0. The molecule has 0 saturated heterocycles. The van der Waals surface area contributed by atoms with Gasteiger partial charge in [-0.15, -0.1) is 24.0 Å². The zero-order valence-corrected chi connectivity index (χ0v) is 18.4. The van der Waals surface area contributed by atoms with Crippen LogP contribution < -0.4 is 10.6 Å². The molecule has 1 aliphatic rings. The smallest absolute Gasteiger partial charge is 0.222 e. The predicted octanol–water partition coefficient (Wildman–Crippen LogP) is 3.24. The van der Waals surface area contributed by atoms with E-state index in [2.05, 4.69) is 41.4 Å². The van der Waals surface area contributed by atoms with Crippen molar-refractivity contribution in [3.05, 3.63) is 0 Å². The Morgan fingerprint density at radius 2 is 1.88 bits per heavy atom. The lowest BCUT2D eigenvalue weighted by Crippen LogP contribution is -2.42. The van der Waals surface area contributed by atoms with E-state index in [0.29, 0.717) is 13.0 Å². The van der Waals surface area contributed by atoms with Crippen LogP contribution in [0.1, 0.15) is 59.8 Å². The number of carbonyl (C=O) groups excluding carboxylic acids is 1. The fraction of sp³-hybridized carbons (Fsp3) is 0.889. The lowest BCUT2D eigenvalue weighted by Gasteiger charge is -2.31. The van der Waals surface area contributed by atoms with Crippen LogP contribution in [0, 0.1) is 11.8 Å². The van der Waals surface area contributed by atoms with Crippen molar-refractivity contribution >= 4 is 35.8 Å². The summed E-state index contributed by atoms with van der Waals surface area (Å²) in [5.74, 6) is 2.65. The van der Waals surface area contributed by atoms with Gasteiger partial charge in [0.05, 0.1) is 6.54 Å². The van der Waals surface area contributed by atoms with Crippen molar-refractivity contribution in [2.24, 2.45) is 16.8 Å². The Kier molecular flexibility index (Phi) is 12.5. The predicted molar refractivity (Wildman–Crippen MR) is 113 cm³/mol. The molecule has 0 atom stereocenters. The minimum atomic E-state index is 0. The van der Waals surface area contributed by atoms with Gasteiger partial charge < -0.3 is 15.5 Å². The Bertz CT molecular complexity index is 379. The molecule has 0 aliphatic heterocycles. The summed E-state index contributed by atoms with van der Waals surface area (Å²) < 4.78 is 0. The summed E-state index contributed by atoms with van der Waals surface area (Å²) >= 11 is 0. The number of halogens is 1. The van der Waals surface area contributed by atoms with Crippen molar-refractivity contribution < 1.29 is 4.79 Å². The van der Waals surface area contributed by atoms with Crippen LogP contribution in [0.15, 0.2) is 4.99 Å². The van der Waals surface area contributed by atoms with Crippen LogP contribution in [0.25, 0.3) is 0 Å². The summed E-state index contributed by atoms with van der Waals surface area (Å²) in [7, 11) is 2.10. The summed E-state index contributed by atoms with van der Waals surface area (Å²) in [4.78, 5) is 18.5. The lowest BCUT2D eigenvalue weighted by atomic mass is 9.83. The van der Waals surface area contributed by atoms with Gasteiger partial charge in [0, 0.05) is 32.6 Å². The van der Waals surface area contributed by atoms with Gasteiger partial charge in [0.15, 0.2) is 5.96 Å². The highest BCUT2D eigenvalue weighted by molar-refractivity contribution is 14.0. The van der Waals surface area contributed by atoms with Gasteiger partial charge in [-0.3, -0.25) is 9.79 Å². The van der Waals surface area contributed by atoms with Crippen LogP contribution in [0.4, 0.5) is 0 Å². The van der Waals surface area contributed by atoms with Gasteiger partial charge in [-0.25, -0.2) is 0 Å². The topological polar surface area (TPSA) is 56.7 Å². The third-order valence-electron chi connectivity index (χ3n) is 4.41. The minimum Gasteiger partial charge on any atom is -0.357 e. The molecule has 0 bridgehead atoms. The molecule has 1 fully saturated rings. The average molecular weight is 452 g/mol. The van der Waals surface area contributed by atoms with Crippen molar-refractivity contribution in [2.45, 2.75) is 65.8 Å². The van der Waals surface area contributed by atoms with Gasteiger partial charge in [-0.2, -0.15) is 0 Å². The van der Waals surface area contributed by atoms with Gasteiger partial charge in [0.2, 0.25) is 5.91 Å². The molecule has 1 saturated carbocycles. The average Bonchev–Trinajstić information content (AvgIpc) is 2.48. The number of guanidine groups is 1. The number of rotatable bonds is 7. The Morgan fingerprint density at radius 3 is 2.42 bits per heavy atom. The van der Waals surface area contributed by atoms with Crippen LogP contribution in [0.2, 0.25) is 0 Å². The first-order valence-corrected chi connectivity index (χ1v) is 9.21. The SMILES string of the molecule is CCNC(=NCCC(=O)NC(C)C)N(C)CC1CCC(C)CC1.I. The first kappa shape index (κ1) is 23.5. The second kappa shape index (κ2) is 12.8. The largest absolute Gasteiger partial charge is 0.357 e. The lowest BCUT2D eigenvalue weighted by molar-refractivity contribution is -0.121. The standard InChI is InChI=1S/C18H36N4O.HI/c1-6-19-18(20-12-11-17(23)21-14(2)3)22(5)13-16-9-7-15(4)8-10-16;/h14-16H,6-13H2,1-5H3,(H,19,20)(H,21,23);1H. The zero-order valence-electron chi connectivity index (χ0n) is 16.1. The summed E-state index contributed by atoms with van der Waals surface area (Å²) in [5.41, 5.74) is 0. The molecule has 0 radical (unpaired) electrons. The molecule has 1 rings (SSSR count). The second-order valence-corrected chi connectivity index (χ2v) is 7.21. The molecule has 2 N–H and O–H groups in total. The number of aliphatic imine (C=N–C) groups is 1. The van der Waals surface area contributed by atoms with Crippen molar-refractivity contribution in [3.8, 4) is 0 Å². The fourth-order valence-corrected chi connectivity index (χ4v) is 3.11. The zero-order chi connectivity index (χ0) is 17.2. The molecule has 6 heteroatoms. The number of nitrogens with one attached hydrogen (secondary N) is 2. The Hall–Kier alpha value is -0.530. The van der Waals surface area contributed by atoms with Crippen LogP contribution in [0.3, 0.4) is 0 Å². The number of nitrogens with zero attached hydrogens (tertiary/aromatic N) is 2. The number of carbonyl (C=O) groups is 1. The third kappa shape index (κ3) is 9.69. The summed E-state index contributed by atoms with van der Waals surface area (Å²) in [6.45, 7) is 10.8. The van der Waals surface area contributed by atoms with E-state index in [1.807, 2.05) is 13.8 Å². The maximum atomic E-state index is 11.7. The van der Waals surface area contributed by atoms with Crippen molar-refractivity contribution in [1.82, 2.24) is 15.5 Å². The molecule has 0 unspecified atom stereocenters. The molecule has 1 amide bonds.